The summed E-state index contributed by atoms with van der Waals surface area (Å²) < 4.78 is 26.7. The van der Waals surface area contributed by atoms with Crippen molar-refractivity contribution in [1.82, 2.24) is 0 Å². The van der Waals surface area contributed by atoms with Crippen molar-refractivity contribution >= 4 is 48.7 Å². The van der Waals surface area contributed by atoms with Crippen LogP contribution in [0.2, 0.25) is 0 Å². The maximum absolute atomic E-state index is 12.9. The van der Waals surface area contributed by atoms with Crippen LogP contribution in [0, 0.1) is 0 Å². The normalized spacial score (nSPS) is 16.7. The number of benzene rings is 3. The van der Waals surface area contributed by atoms with Gasteiger partial charge in [-0.2, -0.15) is 0 Å². The fourth-order valence-electron chi connectivity index (χ4n) is 3.79. The Morgan fingerprint density at radius 3 is 2.33 bits per heavy atom. The van der Waals surface area contributed by atoms with Crippen molar-refractivity contribution in [2.45, 2.75) is 4.90 Å². The number of allylic oxidation sites excluding steroid dienone is 5. The Morgan fingerprint density at radius 2 is 1.58 bits per heavy atom. The number of hydrogen-bond donors (Lipinski definition) is 0. The number of hydrogen-bond acceptors (Lipinski definition) is 5. The fourth-order valence-corrected chi connectivity index (χ4v) is 6.33. The Morgan fingerprint density at radius 1 is 0.879 bits per heavy atom. The molecular weight excluding hydrogens is 452 g/mol. The molecule has 0 saturated heterocycles. The van der Waals surface area contributed by atoms with Gasteiger partial charge < -0.3 is 5.11 Å². The number of carbonyl (C=O) groups excluding carboxylic acids is 1. The second kappa shape index (κ2) is 8.31. The van der Waals surface area contributed by atoms with Crippen LogP contribution in [-0.2, 0) is 9.84 Å². The molecule has 1 aromatic heterocycles. The molecule has 0 saturated carbocycles. The first-order valence-electron chi connectivity index (χ1n) is 10.2. The highest BCUT2D eigenvalue weighted by Gasteiger charge is 2.38. The predicted octanol–water partition coefficient (Wildman–Crippen LogP) is 5.63. The minimum absolute atomic E-state index is 0.0349. The van der Waals surface area contributed by atoms with Crippen LogP contribution in [0.4, 0.5) is 0 Å². The summed E-state index contributed by atoms with van der Waals surface area (Å²) >= 11 is 1.40. The zero-order valence-electron chi connectivity index (χ0n) is 17.3. The van der Waals surface area contributed by atoms with Gasteiger partial charge in [-0.25, -0.2) is 8.42 Å². The van der Waals surface area contributed by atoms with Crippen molar-refractivity contribution in [2.75, 3.05) is 0 Å². The van der Waals surface area contributed by atoms with E-state index in [0.29, 0.717) is 15.8 Å². The van der Waals surface area contributed by atoms with E-state index >= 15 is 0 Å². The van der Waals surface area contributed by atoms with Gasteiger partial charge in [-0.1, -0.05) is 78.6 Å². The van der Waals surface area contributed by atoms with Crippen LogP contribution in [-0.4, -0.2) is 14.2 Å². The monoisotopic (exact) mass is 469 g/mol. The maximum Gasteiger partial charge on any atom is 0.211 e. The summed E-state index contributed by atoms with van der Waals surface area (Å²) in [4.78, 5) is 13.1. The maximum atomic E-state index is 12.9. The molecule has 4 aromatic rings. The van der Waals surface area contributed by atoms with Crippen LogP contribution in [0.1, 0.15) is 20.8 Å². The largest absolute Gasteiger partial charge is 0.871 e. The second-order valence-corrected chi connectivity index (χ2v) is 10.4. The lowest BCUT2D eigenvalue weighted by molar-refractivity contribution is -0.265. The van der Waals surface area contributed by atoms with Gasteiger partial charge in [0.25, 0.3) is 0 Å². The molecule has 5 rings (SSSR count). The topological polar surface area (TPSA) is 74.3 Å². The van der Waals surface area contributed by atoms with Crippen molar-refractivity contribution in [1.29, 1.82) is 0 Å². The molecule has 4 nitrogen and oxygen atoms in total. The molecule has 2 heterocycles. The highest BCUT2D eigenvalue weighted by atomic mass is 32.2. The number of sulfone groups is 1. The van der Waals surface area contributed by atoms with Crippen molar-refractivity contribution in [2.24, 2.45) is 0 Å². The van der Waals surface area contributed by atoms with E-state index in [4.69, 9.17) is 0 Å². The third-order valence-corrected chi connectivity index (χ3v) is 8.40. The molecule has 0 radical (unpaired) electrons. The molecular formula is C27H17O4S2-. The average Bonchev–Trinajstić information content (AvgIpc) is 3.26. The standard InChI is InChI=1S/C27H18O4S2/c28-26-20-10-4-6-12-22(20)32-23(26)16-14-19(18-8-2-1-3-9-18)15-17-25-27(29)21-11-5-7-13-24(21)33(25,30)31/h1-17,28H/p-1. The summed E-state index contributed by atoms with van der Waals surface area (Å²) in [5.74, 6) is -0.550. The highest BCUT2D eigenvalue weighted by Crippen LogP contribution is 2.37. The van der Waals surface area contributed by atoms with Gasteiger partial charge in [-0.15, -0.1) is 11.3 Å². The molecule has 0 unspecified atom stereocenters. The van der Waals surface area contributed by atoms with Gasteiger partial charge in [0, 0.05) is 15.1 Å². The lowest BCUT2D eigenvalue weighted by Crippen LogP contribution is -2.01. The SMILES string of the molecule is O=C1C(=CC=C(C=Cc2sc3ccccc3c2[O-])c2ccccc2)S(=O)(=O)c2ccccc21. The quantitative estimate of drug-likeness (QED) is 0.287. The van der Waals surface area contributed by atoms with E-state index in [2.05, 4.69) is 0 Å². The zero-order valence-corrected chi connectivity index (χ0v) is 18.9. The Hall–Kier alpha value is -3.74. The molecule has 33 heavy (non-hydrogen) atoms. The fraction of sp³-hybridized carbons (Fsp3) is 0. The van der Waals surface area contributed by atoms with Crippen molar-refractivity contribution in [3.05, 3.63) is 118 Å². The van der Waals surface area contributed by atoms with Crippen LogP contribution in [0.3, 0.4) is 0 Å². The molecule has 0 aliphatic carbocycles. The Balaban J connectivity index is 1.59. The van der Waals surface area contributed by atoms with E-state index < -0.39 is 15.6 Å². The minimum atomic E-state index is -3.87. The third-order valence-electron chi connectivity index (χ3n) is 5.45. The van der Waals surface area contributed by atoms with Crippen LogP contribution >= 0.6 is 11.3 Å². The predicted molar refractivity (Wildman–Crippen MR) is 131 cm³/mol. The number of fused-ring (bicyclic) bond motifs is 2. The van der Waals surface area contributed by atoms with Crippen LogP contribution in [0.5, 0.6) is 5.75 Å². The summed E-state index contributed by atoms with van der Waals surface area (Å²) in [6, 6.07) is 23.1. The van der Waals surface area contributed by atoms with Crippen LogP contribution in [0.15, 0.2) is 107 Å². The summed E-state index contributed by atoms with van der Waals surface area (Å²) in [5.41, 5.74) is 1.70. The van der Waals surface area contributed by atoms with E-state index in [1.165, 1.54) is 29.5 Å². The molecule has 162 valence electrons. The van der Waals surface area contributed by atoms with Crippen LogP contribution in [0.25, 0.3) is 21.7 Å². The molecule has 0 atom stereocenters. The van der Waals surface area contributed by atoms with E-state index in [-0.39, 0.29) is 21.1 Å². The number of carbonyl (C=O) groups is 1. The van der Waals surface area contributed by atoms with Gasteiger partial charge in [0.1, 0.15) is 4.91 Å². The van der Waals surface area contributed by atoms with E-state index in [9.17, 15) is 18.3 Å². The first-order valence-corrected chi connectivity index (χ1v) is 12.5. The molecule has 1 aliphatic heterocycles. The molecule has 0 N–H and O–H groups in total. The van der Waals surface area contributed by atoms with Gasteiger partial charge in [0.15, 0.2) is 0 Å². The molecule has 0 spiro atoms. The Kier molecular flexibility index (Phi) is 5.32. The molecule has 3 aromatic carbocycles. The van der Waals surface area contributed by atoms with E-state index in [1.807, 2.05) is 48.5 Å². The van der Waals surface area contributed by atoms with Gasteiger partial charge in [0.2, 0.25) is 15.6 Å². The van der Waals surface area contributed by atoms with Crippen molar-refractivity contribution in [3.63, 3.8) is 0 Å². The highest BCUT2D eigenvalue weighted by molar-refractivity contribution is 7.97. The second-order valence-electron chi connectivity index (χ2n) is 7.47. The Bertz CT molecular complexity index is 1590. The van der Waals surface area contributed by atoms with E-state index in [0.717, 1.165) is 10.3 Å². The summed E-state index contributed by atoms with van der Waals surface area (Å²) in [5, 5.41) is 13.4. The minimum Gasteiger partial charge on any atom is -0.871 e. The molecule has 0 fully saturated rings. The first-order chi connectivity index (χ1) is 16.0. The average molecular weight is 470 g/mol. The summed E-state index contributed by atoms with van der Waals surface area (Å²) in [6.07, 6.45) is 6.48. The third kappa shape index (κ3) is 3.73. The summed E-state index contributed by atoms with van der Waals surface area (Å²) in [6.45, 7) is 0. The lowest BCUT2D eigenvalue weighted by atomic mass is 10.0. The van der Waals surface area contributed by atoms with E-state index in [1.54, 1.807) is 36.4 Å². The number of Topliss-reactive ketones (excluding diaryl/α,β-unsaturated/α-hetero) is 1. The Labute approximate surface area is 195 Å². The number of rotatable bonds is 4. The van der Waals surface area contributed by atoms with Gasteiger partial charge in [-0.05, 0) is 46.9 Å². The first kappa shape index (κ1) is 21.1. The van der Waals surface area contributed by atoms with Gasteiger partial charge >= 0.3 is 0 Å². The van der Waals surface area contributed by atoms with Gasteiger partial charge in [0.05, 0.1) is 4.90 Å². The van der Waals surface area contributed by atoms with Crippen LogP contribution < -0.4 is 5.11 Å². The molecule has 1 aliphatic rings. The molecule has 6 heteroatoms. The summed E-state index contributed by atoms with van der Waals surface area (Å²) in [7, 11) is -3.87. The smallest absolute Gasteiger partial charge is 0.211 e. The number of ketones is 1. The van der Waals surface area contributed by atoms with Crippen molar-refractivity contribution in [3.8, 4) is 5.75 Å². The lowest BCUT2D eigenvalue weighted by Gasteiger charge is -2.05. The van der Waals surface area contributed by atoms with Crippen molar-refractivity contribution < 1.29 is 18.3 Å². The molecule has 0 amide bonds. The van der Waals surface area contributed by atoms with Gasteiger partial charge in [-0.3, -0.25) is 4.79 Å². The zero-order chi connectivity index (χ0) is 23.0. The number of thiophene rings is 1. The molecule has 0 bridgehead atoms.